The van der Waals surface area contributed by atoms with Gasteiger partial charge >= 0.3 is 0 Å². The van der Waals surface area contributed by atoms with E-state index in [1.807, 2.05) is 0 Å². The maximum Gasteiger partial charge on any atom is 0.229 e. The van der Waals surface area contributed by atoms with Gasteiger partial charge in [0.2, 0.25) is 5.91 Å². The van der Waals surface area contributed by atoms with E-state index in [0.717, 1.165) is 0 Å². The Morgan fingerprint density at radius 1 is 1.46 bits per heavy atom. The lowest BCUT2D eigenvalue weighted by Crippen LogP contribution is -2.37. The summed E-state index contributed by atoms with van der Waals surface area (Å²) in [6.45, 7) is 3.50. The van der Waals surface area contributed by atoms with E-state index >= 15 is 0 Å². The van der Waals surface area contributed by atoms with Crippen LogP contribution in [0.1, 0.15) is 33.1 Å². The standard InChI is InChI=1S/C10H17NO2/c1-7(12)6-10(13)11(3)8(2)9-4-5-9/h8-9H,4-6H2,1-3H3. The molecule has 3 heteroatoms. The van der Waals surface area contributed by atoms with E-state index in [1.165, 1.54) is 19.8 Å². The zero-order valence-corrected chi connectivity index (χ0v) is 8.54. The van der Waals surface area contributed by atoms with Crippen LogP contribution in [0, 0.1) is 5.92 Å². The third-order valence-electron chi connectivity index (χ3n) is 2.71. The normalized spacial score (nSPS) is 18.1. The van der Waals surface area contributed by atoms with Crippen LogP contribution in [-0.2, 0) is 9.59 Å². The zero-order valence-electron chi connectivity index (χ0n) is 8.54. The monoisotopic (exact) mass is 183 g/mol. The Balaban J connectivity index is 2.40. The molecule has 0 aromatic carbocycles. The smallest absolute Gasteiger partial charge is 0.229 e. The van der Waals surface area contributed by atoms with Crippen LogP contribution >= 0.6 is 0 Å². The molecule has 1 saturated carbocycles. The van der Waals surface area contributed by atoms with E-state index in [4.69, 9.17) is 0 Å². The second kappa shape index (κ2) is 3.90. The van der Waals surface area contributed by atoms with Crippen molar-refractivity contribution in [3.63, 3.8) is 0 Å². The molecule has 1 aliphatic carbocycles. The van der Waals surface area contributed by atoms with Crippen molar-refractivity contribution in [3.8, 4) is 0 Å². The summed E-state index contributed by atoms with van der Waals surface area (Å²) >= 11 is 0. The second-order valence-electron chi connectivity index (χ2n) is 3.96. The molecule has 3 nitrogen and oxygen atoms in total. The highest BCUT2D eigenvalue weighted by molar-refractivity contribution is 5.96. The van der Waals surface area contributed by atoms with E-state index in [2.05, 4.69) is 6.92 Å². The number of carbonyl (C=O) groups excluding carboxylic acids is 2. The largest absolute Gasteiger partial charge is 0.342 e. The molecule has 0 N–H and O–H groups in total. The Morgan fingerprint density at radius 2 is 2.00 bits per heavy atom. The van der Waals surface area contributed by atoms with E-state index in [1.54, 1.807) is 11.9 Å². The van der Waals surface area contributed by atoms with Crippen LogP contribution in [0.4, 0.5) is 0 Å². The third-order valence-corrected chi connectivity index (χ3v) is 2.71. The van der Waals surface area contributed by atoms with Crippen molar-refractivity contribution in [2.75, 3.05) is 7.05 Å². The highest BCUT2D eigenvalue weighted by atomic mass is 16.2. The first kappa shape index (κ1) is 10.2. The fourth-order valence-electron chi connectivity index (χ4n) is 1.46. The summed E-state index contributed by atoms with van der Waals surface area (Å²) in [7, 11) is 1.79. The van der Waals surface area contributed by atoms with Gasteiger partial charge in [0.15, 0.2) is 0 Å². The minimum absolute atomic E-state index is 0.0492. The minimum atomic E-state index is -0.0557. The lowest BCUT2D eigenvalue weighted by molar-refractivity contribution is -0.135. The van der Waals surface area contributed by atoms with Crippen LogP contribution < -0.4 is 0 Å². The number of nitrogens with zero attached hydrogens (tertiary/aromatic N) is 1. The summed E-state index contributed by atoms with van der Waals surface area (Å²) in [4.78, 5) is 23.9. The summed E-state index contributed by atoms with van der Waals surface area (Å²) in [6, 6.07) is 0.298. The van der Waals surface area contributed by atoms with Gasteiger partial charge in [0.05, 0.1) is 6.42 Å². The molecule has 0 aromatic heterocycles. The molecular formula is C10H17NO2. The van der Waals surface area contributed by atoms with E-state index in [0.29, 0.717) is 12.0 Å². The Bertz CT molecular complexity index is 221. The maximum absolute atomic E-state index is 11.4. The van der Waals surface area contributed by atoms with Crippen molar-refractivity contribution in [2.24, 2.45) is 5.92 Å². The molecule has 0 aliphatic heterocycles. The number of ketones is 1. The number of Topliss-reactive ketones (excluding diaryl/α,β-unsaturated/α-hetero) is 1. The molecule has 1 aliphatic rings. The van der Waals surface area contributed by atoms with Crippen LogP contribution in [0.15, 0.2) is 0 Å². The zero-order chi connectivity index (χ0) is 10.0. The first-order valence-electron chi connectivity index (χ1n) is 4.77. The highest BCUT2D eigenvalue weighted by Crippen LogP contribution is 2.34. The fraction of sp³-hybridized carbons (Fsp3) is 0.800. The Morgan fingerprint density at radius 3 is 2.38 bits per heavy atom. The van der Waals surface area contributed by atoms with Gasteiger partial charge in [-0.15, -0.1) is 0 Å². The number of amides is 1. The van der Waals surface area contributed by atoms with Crippen molar-refractivity contribution < 1.29 is 9.59 Å². The maximum atomic E-state index is 11.4. The van der Waals surface area contributed by atoms with Crippen LogP contribution in [-0.4, -0.2) is 29.7 Å². The number of carbonyl (C=O) groups is 2. The molecule has 1 amide bonds. The summed E-state index contributed by atoms with van der Waals surface area (Å²) < 4.78 is 0. The average Bonchev–Trinajstić information content (AvgIpc) is 2.82. The topological polar surface area (TPSA) is 37.4 Å². The SMILES string of the molecule is CC(=O)CC(=O)N(C)C(C)C1CC1. The summed E-state index contributed by atoms with van der Waals surface area (Å²) in [5.74, 6) is 0.563. The van der Waals surface area contributed by atoms with E-state index in [9.17, 15) is 9.59 Å². The molecular weight excluding hydrogens is 166 g/mol. The van der Waals surface area contributed by atoms with Crippen molar-refractivity contribution >= 4 is 11.7 Å². The Hall–Kier alpha value is -0.860. The molecule has 74 valence electrons. The number of rotatable bonds is 4. The molecule has 0 spiro atoms. The molecule has 13 heavy (non-hydrogen) atoms. The highest BCUT2D eigenvalue weighted by Gasteiger charge is 2.32. The van der Waals surface area contributed by atoms with Crippen LogP contribution in [0.2, 0.25) is 0 Å². The Labute approximate surface area is 79.1 Å². The first-order valence-corrected chi connectivity index (χ1v) is 4.77. The second-order valence-corrected chi connectivity index (χ2v) is 3.96. The molecule has 0 saturated heterocycles. The summed E-state index contributed by atoms with van der Waals surface area (Å²) in [5.41, 5.74) is 0. The average molecular weight is 183 g/mol. The van der Waals surface area contributed by atoms with Crippen LogP contribution in [0.3, 0.4) is 0 Å². The predicted octanol–water partition coefficient (Wildman–Crippen LogP) is 1.22. The fourth-order valence-corrected chi connectivity index (χ4v) is 1.46. The molecule has 1 fully saturated rings. The summed E-state index contributed by atoms with van der Waals surface area (Å²) in [5, 5.41) is 0. The van der Waals surface area contributed by atoms with Crippen LogP contribution in [0.25, 0.3) is 0 Å². The summed E-state index contributed by atoms with van der Waals surface area (Å²) in [6.07, 6.45) is 2.49. The van der Waals surface area contributed by atoms with Crippen molar-refractivity contribution in [1.29, 1.82) is 0 Å². The quantitative estimate of drug-likeness (QED) is 0.614. The van der Waals surface area contributed by atoms with Crippen molar-refractivity contribution in [2.45, 2.75) is 39.2 Å². The van der Waals surface area contributed by atoms with Gasteiger partial charge < -0.3 is 4.90 Å². The van der Waals surface area contributed by atoms with E-state index in [-0.39, 0.29) is 18.1 Å². The van der Waals surface area contributed by atoms with Crippen molar-refractivity contribution in [1.82, 2.24) is 4.90 Å². The molecule has 0 aromatic rings. The molecule has 1 rings (SSSR count). The van der Waals surface area contributed by atoms with Gasteiger partial charge in [-0.05, 0) is 32.6 Å². The van der Waals surface area contributed by atoms with Crippen LogP contribution in [0.5, 0.6) is 0 Å². The molecule has 1 atom stereocenters. The van der Waals surface area contributed by atoms with E-state index < -0.39 is 0 Å². The third kappa shape index (κ3) is 2.83. The minimum Gasteiger partial charge on any atom is -0.342 e. The van der Waals surface area contributed by atoms with Crippen molar-refractivity contribution in [3.05, 3.63) is 0 Å². The van der Waals surface area contributed by atoms with Gasteiger partial charge in [-0.3, -0.25) is 9.59 Å². The van der Waals surface area contributed by atoms with Gasteiger partial charge in [0.1, 0.15) is 5.78 Å². The number of hydrogen-bond donors (Lipinski definition) is 0. The van der Waals surface area contributed by atoms with Gasteiger partial charge in [0, 0.05) is 13.1 Å². The molecule has 1 unspecified atom stereocenters. The lowest BCUT2D eigenvalue weighted by atomic mass is 10.1. The van der Waals surface area contributed by atoms with Gasteiger partial charge in [-0.1, -0.05) is 0 Å². The number of hydrogen-bond acceptors (Lipinski definition) is 2. The van der Waals surface area contributed by atoms with Gasteiger partial charge in [-0.25, -0.2) is 0 Å². The van der Waals surface area contributed by atoms with Gasteiger partial charge in [0.25, 0.3) is 0 Å². The first-order chi connectivity index (χ1) is 6.02. The Kier molecular flexibility index (Phi) is 3.07. The van der Waals surface area contributed by atoms with Gasteiger partial charge in [-0.2, -0.15) is 0 Å². The molecule has 0 bridgehead atoms. The molecule has 0 heterocycles. The predicted molar refractivity (Wildman–Crippen MR) is 50.3 cm³/mol. The molecule has 0 radical (unpaired) electrons. The lowest BCUT2D eigenvalue weighted by Gasteiger charge is -2.24.